The standard InChI is InChI=1S/C8H12N2O3/c9-6(12)8-2-7(3-8,4-8)1-5(11)13-10/h1-4,10H2,(H2,9,12). The molecule has 0 aromatic rings. The SMILES string of the molecule is NOC(=O)CC12CC(C(N)=O)(C1)C2. The fourth-order valence-corrected chi connectivity index (χ4v) is 2.79. The molecule has 0 aliphatic heterocycles. The van der Waals surface area contributed by atoms with Crippen LogP contribution in [0.25, 0.3) is 0 Å². The molecule has 5 heteroatoms. The van der Waals surface area contributed by atoms with Crippen molar-refractivity contribution in [3.8, 4) is 0 Å². The minimum absolute atomic E-state index is 0.0223. The van der Waals surface area contributed by atoms with Crippen molar-refractivity contribution in [3.05, 3.63) is 0 Å². The Bertz CT molecular complexity index is 267. The summed E-state index contributed by atoms with van der Waals surface area (Å²) < 4.78 is 0. The molecule has 3 saturated carbocycles. The number of rotatable bonds is 3. The third-order valence-electron chi connectivity index (χ3n) is 3.31. The predicted octanol–water partition coefficient (Wildman–Crippen LogP) is -0.551. The van der Waals surface area contributed by atoms with Crippen LogP contribution in [0.1, 0.15) is 25.7 Å². The fraction of sp³-hybridized carbons (Fsp3) is 0.750. The molecule has 0 aromatic heterocycles. The Morgan fingerprint density at radius 2 is 1.85 bits per heavy atom. The molecule has 13 heavy (non-hydrogen) atoms. The van der Waals surface area contributed by atoms with Crippen molar-refractivity contribution in [1.29, 1.82) is 0 Å². The first-order valence-electron chi connectivity index (χ1n) is 4.22. The van der Waals surface area contributed by atoms with Crippen LogP contribution in [-0.2, 0) is 14.4 Å². The van der Waals surface area contributed by atoms with Crippen LogP contribution in [0.5, 0.6) is 0 Å². The van der Waals surface area contributed by atoms with Crippen molar-refractivity contribution >= 4 is 11.9 Å². The first kappa shape index (κ1) is 8.50. The summed E-state index contributed by atoms with van der Waals surface area (Å²) in [6.45, 7) is 0. The Hall–Kier alpha value is -1.10. The average Bonchev–Trinajstić information content (AvgIpc) is 1.92. The smallest absolute Gasteiger partial charge is 0.324 e. The zero-order chi connectivity index (χ0) is 9.69. The van der Waals surface area contributed by atoms with Crippen molar-refractivity contribution in [1.82, 2.24) is 0 Å². The molecule has 0 unspecified atom stereocenters. The van der Waals surface area contributed by atoms with Gasteiger partial charge in [-0.05, 0) is 24.7 Å². The molecule has 2 bridgehead atoms. The van der Waals surface area contributed by atoms with E-state index in [-0.39, 0.29) is 16.7 Å². The van der Waals surface area contributed by atoms with Gasteiger partial charge in [0.25, 0.3) is 0 Å². The van der Waals surface area contributed by atoms with Crippen LogP contribution >= 0.6 is 0 Å². The van der Waals surface area contributed by atoms with E-state index in [0.29, 0.717) is 6.42 Å². The molecule has 1 amide bonds. The summed E-state index contributed by atoms with van der Waals surface area (Å²) in [7, 11) is 0. The average molecular weight is 184 g/mol. The van der Waals surface area contributed by atoms with Crippen LogP contribution in [0.15, 0.2) is 0 Å². The van der Waals surface area contributed by atoms with E-state index in [1.807, 2.05) is 0 Å². The predicted molar refractivity (Wildman–Crippen MR) is 42.8 cm³/mol. The first-order valence-corrected chi connectivity index (χ1v) is 4.22. The van der Waals surface area contributed by atoms with Crippen molar-refractivity contribution in [2.24, 2.45) is 22.5 Å². The number of hydrogen-bond donors (Lipinski definition) is 2. The second-order valence-electron chi connectivity index (χ2n) is 4.34. The Labute approximate surface area is 75.4 Å². The second-order valence-corrected chi connectivity index (χ2v) is 4.34. The maximum absolute atomic E-state index is 10.9. The highest BCUT2D eigenvalue weighted by Gasteiger charge is 2.71. The number of hydrogen-bond acceptors (Lipinski definition) is 4. The molecule has 0 spiro atoms. The van der Waals surface area contributed by atoms with Crippen LogP contribution in [-0.4, -0.2) is 11.9 Å². The number of amides is 1. The molecule has 3 aliphatic carbocycles. The van der Waals surface area contributed by atoms with Crippen molar-refractivity contribution < 1.29 is 14.4 Å². The number of carbonyl (C=O) groups excluding carboxylic acids is 2. The lowest BCUT2D eigenvalue weighted by Gasteiger charge is -2.68. The molecule has 3 rings (SSSR count). The highest BCUT2D eigenvalue weighted by Crippen LogP contribution is 2.74. The van der Waals surface area contributed by atoms with Gasteiger partial charge in [0.05, 0.1) is 11.8 Å². The molecule has 0 radical (unpaired) electrons. The largest absolute Gasteiger partial charge is 0.373 e. The molecule has 5 nitrogen and oxygen atoms in total. The van der Waals surface area contributed by atoms with E-state index in [9.17, 15) is 9.59 Å². The Morgan fingerprint density at radius 1 is 1.31 bits per heavy atom. The summed E-state index contributed by atoms with van der Waals surface area (Å²) in [5.41, 5.74) is 4.89. The van der Waals surface area contributed by atoms with Gasteiger partial charge in [0.15, 0.2) is 0 Å². The molecule has 0 atom stereocenters. The van der Waals surface area contributed by atoms with Gasteiger partial charge in [0.1, 0.15) is 0 Å². The van der Waals surface area contributed by atoms with Crippen molar-refractivity contribution in [2.45, 2.75) is 25.7 Å². The molecule has 0 aromatic carbocycles. The Morgan fingerprint density at radius 3 is 2.23 bits per heavy atom. The summed E-state index contributed by atoms with van der Waals surface area (Å²) >= 11 is 0. The zero-order valence-electron chi connectivity index (χ0n) is 7.21. The zero-order valence-corrected chi connectivity index (χ0v) is 7.21. The highest BCUT2D eigenvalue weighted by molar-refractivity contribution is 5.85. The van der Waals surface area contributed by atoms with Gasteiger partial charge >= 0.3 is 5.97 Å². The van der Waals surface area contributed by atoms with Crippen LogP contribution in [0.3, 0.4) is 0 Å². The minimum atomic E-state index is -0.405. The van der Waals surface area contributed by atoms with E-state index in [1.165, 1.54) is 0 Å². The van der Waals surface area contributed by atoms with Gasteiger partial charge in [0, 0.05) is 0 Å². The second kappa shape index (κ2) is 2.23. The molecule has 3 aliphatic rings. The van der Waals surface area contributed by atoms with Crippen molar-refractivity contribution in [2.75, 3.05) is 0 Å². The number of nitrogens with two attached hydrogens (primary N) is 2. The Kier molecular flexibility index (Phi) is 1.46. The molecule has 0 heterocycles. The maximum atomic E-state index is 10.9. The summed E-state index contributed by atoms with van der Waals surface area (Å²) in [5, 5.41) is 0. The topological polar surface area (TPSA) is 95.4 Å². The van der Waals surface area contributed by atoms with E-state index in [1.54, 1.807) is 0 Å². The minimum Gasteiger partial charge on any atom is -0.373 e. The van der Waals surface area contributed by atoms with Crippen molar-refractivity contribution in [3.63, 3.8) is 0 Å². The lowest BCUT2D eigenvalue weighted by molar-refractivity contribution is -0.212. The van der Waals surface area contributed by atoms with Gasteiger partial charge in [-0.25, -0.2) is 0 Å². The van der Waals surface area contributed by atoms with Gasteiger partial charge in [-0.3, -0.25) is 9.59 Å². The van der Waals surface area contributed by atoms with E-state index >= 15 is 0 Å². The third-order valence-corrected chi connectivity index (χ3v) is 3.31. The monoisotopic (exact) mass is 184 g/mol. The van der Waals surface area contributed by atoms with Gasteiger partial charge < -0.3 is 10.6 Å². The van der Waals surface area contributed by atoms with Gasteiger partial charge in [-0.2, -0.15) is 5.90 Å². The molecular formula is C8H12N2O3. The maximum Gasteiger partial charge on any atom is 0.324 e. The highest BCUT2D eigenvalue weighted by atomic mass is 16.7. The molecule has 72 valence electrons. The fourth-order valence-electron chi connectivity index (χ4n) is 2.79. The van der Waals surface area contributed by atoms with E-state index in [4.69, 9.17) is 11.6 Å². The summed E-state index contributed by atoms with van der Waals surface area (Å²) in [6.07, 6.45) is 2.50. The van der Waals surface area contributed by atoms with Crippen LogP contribution in [0, 0.1) is 10.8 Å². The number of carbonyl (C=O) groups is 2. The first-order chi connectivity index (χ1) is 6.02. The van der Waals surface area contributed by atoms with Gasteiger partial charge in [-0.15, -0.1) is 0 Å². The van der Waals surface area contributed by atoms with E-state index in [2.05, 4.69) is 4.84 Å². The molecule has 0 saturated heterocycles. The van der Waals surface area contributed by atoms with E-state index < -0.39 is 5.97 Å². The molecule has 4 N–H and O–H groups in total. The molecule has 3 fully saturated rings. The third kappa shape index (κ3) is 0.966. The van der Waals surface area contributed by atoms with Crippen LogP contribution in [0.2, 0.25) is 0 Å². The molecular weight excluding hydrogens is 172 g/mol. The summed E-state index contributed by atoms with van der Waals surface area (Å²) in [5.74, 6) is 4.08. The quantitative estimate of drug-likeness (QED) is 0.575. The Balaban J connectivity index is 1.90. The number of primary amides is 1. The van der Waals surface area contributed by atoms with Crippen LogP contribution < -0.4 is 11.6 Å². The lowest BCUT2D eigenvalue weighted by atomic mass is 9.34. The summed E-state index contributed by atoms with van der Waals surface area (Å²) in [6, 6.07) is 0. The van der Waals surface area contributed by atoms with Gasteiger partial charge in [0.2, 0.25) is 5.91 Å². The lowest BCUT2D eigenvalue weighted by Crippen LogP contribution is -2.67. The van der Waals surface area contributed by atoms with Gasteiger partial charge in [-0.1, -0.05) is 0 Å². The normalized spacial score (nSPS) is 40.1. The van der Waals surface area contributed by atoms with E-state index in [0.717, 1.165) is 19.3 Å². The van der Waals surface area contributed by atoms with Crippen LogP contribution in [0.4, 0.5) is 0 Å². The summed E-state index contributed by atoms with van der Waals surface area (Å²) in [4.78, 5) is 25.9.